The van der Waals surface area contributed by atoms with Gasteiger partial charge in [-0.2, -0.15) is 0 Å². The normalized spacial score (nSPS) is 15.9. The molecule has 66 heavy (non-hydrogen) atoms. The van der Waals surface area contributed by atoms with Gasteiger partial charge in [-0.3, -0.25) is 43.7 Å². The maximum absolute atomic E-state index is 14.5. The Morgan fingerprint density at radius 3 is 1.97 bits per heavy atom. The van der Waals surface area contributed by atoms with Crippen LogP contribution in [-0.2, 0) is 74.3 Å². The molecule has 3 rings (SSSR count). The first kappa shape index (κ1) is 57.7. The van der Waals surface area contributed by atoms with Crippen molar-refractivity contribution >= 4 is 52.5 Å². The Morgan fingerprint density at radius 2 is 1.41 bits per heavy atom. The van der Waals surface area contributed by atoms with Crippen LogP contribution >= 0.6 is 0 Å². The molecule has 0 saturated carbocycles. The van der Waals surface area contributed by atoms with E-state index < -0.39 is 52.7 Å². The molecule has 0 unspecified atom stereocenters. The third-order valence-corrected chi connectivity index (χ3v) is 12.3. The molecule has 1 aliphatic heterocycles. The summed E-state index contributed by atoms with van der Waals surface area (Å²) in [5, 5.41) is 22.2. The van der Waals surface area contributed by atoms with Gasteiger partial charge in [0, 0.05) is 101 Å². The number of unbranched alkanes of at least 4 members (excludes halogenated alkanes) is 1. The third kappa shape index (κ3) is 18.7. The van der Waals surface area contributed by atoms with Crippen LogP contribution in [-0.4, -0.2) is 114 Å². The van der Waals surface area contributed by atoms with E-state index >= 15 is 0 Å². The second-order valence-corrected chi connectivity index (χ2v) is 18.2. The van der Waals surface area contributed by atoms with E-state index in [9.17, 15) is 43.7 Å². The van der Waals surface area contributed by atoms with Crippen LogP contribution in [0.2, 0.25) is 0 Å². The van der Waals surface area contributed by atoms with E-state index in [1.165, 1.54) is 19.2 Å². The number of carbonyl (C=O) groups is 7. The largest absolute Gasteiger partial charge is 0.447 e. The van der Waals surface area contributed by atoms with E-state index in [-0.39, 0.29) is 112 Å². The van der Waals surface area contributed by atoms with Crippen molar-refractivity contribution in [3.63, 3.8) is 0 Å². The van der Waals surface area contributed by atoms with Gasteiger partial charge in [-0.05, 0) is 102 Å². The Balaban J connectivity index is 0.0000150. The summed E-state index contributed by atoms with van der Waals surface area (Å²) >= 11 is 0. The van der Waals surface area contributed by atoms with Gasteiger partial charge >= 0.3 is 0 Å². The zero-order valence-electron chi connectivity index (χ0n) is 40.0. The number of urea groups is 1. The third-order valence-electron chi connectivity index (χ3n) is 12.3. The van der Waals surface area contributed by atoms with Crippen LogP contribution in [0, 0.1) is 33.8 Å². The number of benzene rings is 2. The fourth-order valence-electron chi connectivity index (χ4n) is 8.27. The summed E-state index contributed by atoms with van der Waals surface area (Å²) in [7, 11) is 5.16. The number of anilines is 1. The first-order chi connectivity index (χ1) is 30.7. The van der Waals surface area contributed by atoms with Crippen molar-refractivity contribution in [2.75, 3.05) is 39.5 Å². The van der Waals surface area contributed by atoms with Gasteiger partial charge in [-0.25, -0.2) is 0 Å². The summed E-state index contributed by atoms with van der Waals surface area (Å²) < 4.78 is 0. The average Bonchev–Trinajstić information content (AvgIpc) is 3.76. The van der Waals surface area contributed by atoms with Crippen molar-refractivity contribution in [3.05, 3.63) is 75.5 Å². The Bertz CT molecular complexity index is 1950. The standard InChI is InChI=1S/C48H72N8O9.Y/c1-30(2)24-40(43(58)28-35(12-9-10-22-54(8)31(3)4)47(62)55-23-11-13-41(55)44(59)25-32(5)45(60)51-7)53-46(61)36(26-33-14-18-37(19-15-33)52-48(49)63)29-42(57)39(50-6)27-34-16-20-38(21-17-34)56(64)65;/h14-21,30-32,35-36,39-41,50H,9-13,22-29H2,1-8H3,(H5,49,51,52,53,60,61,63);/p-1/t32-,35+,36-,39-,40-,41-;/m0./s1. The summed E-state index contributed by atoms with van der Waals surface area (Å²) in [5.41, 5.74) is 8.87. The maximum atomic E-state index is 14.5. The summed E-state index contributed by atoms with van der Waals surface area (Å²) in [5.74, 6) is -4.17. The second-order valence-electron chi connectivity index (χ2n) is 18.2. The molecule has 0 aliphatic carbocycles. The molecular formula is C48H71N8O9Y-. The molecule has 17 nitrogen and oxygen atoms in total. The number of non-ortho nitro benzene ring substituents is 1. The van der Waals surface area contributed by atoms with Crippen LogP contribution in [0.15, 0.2) is 48.5 Å². The fraction of sp³-hybridized carbons (Fsp3) is 0.604. The minimum Gasteiger partial charge on any atom is -0.447 e. The van der Waals surface area contributed by atoms with E-state index in [4.69, 9.17) is 5.73 Å². The van der Waals surface area contributed by atoms with Crippen molar-refractivity contribution < 1.29 is 71.2 Å². The SMILES string of the molecule is CNC(=O)[C@@H](C)CC(=O)[C@@H]1CCCN1C(=O)[C@H](CCCCN(C)C(C)C)CC(=O)[C@H](CC(C)C)NC(=O)[C@H](CC(=O)[C@H](Cc1ccc([N+](=O)[O-])cc1)NC)Cc1ccc(NC([NH-])=O)cc1.[Y]. The van der Waals surface area contributed by atoms with Crippen LogP contribution in [0.4, 0.5) is 16.2 Å². The van der Waals surface area contributed by atoms with Gasteiger partial charge in [-0.15, -0.1) is 0 Å². The van der Waals surface area contributed by atoms with E-state index in [0.29, 0.717) is 55.1 Å². The molecule has 1 saturated heterocycles. The number of Topliss-reactive ketones (excluding diaryl/α,β-unsaturated/α-hetero) is 3. The second kappa shape index (κ2) is 28.7. The number of nitrogens with zero attached hydrogens (tertiary/aromatic N) is 3. The molecule has 1 aliphatic rings. The number of nitrogens with one attached hydrogen (secondary N) is 5. The van der Waals surface area contributed by atoms with Gasteiger partial charge in [0.15, 0.2) is 23.4 Å². The number of likely N-dealkylation sites (tertiary alicyclic amines) is 1. The number of rotatable bonds is 28. The first-order valence-electron chi connectivity index (χ1n) is 22.9. The molecule has 2 aromatic carbocycles. The monoisotopic (exact) mass is 992 g/mol. The van der Waals surface area contributed by atoms with Gasteiger partial charge < -0.3 is 36.8 Å². The van der Waals surface area contributed by atoms with Crippen molar-refractivity contribution in [2.24, 2.45) is 23.7 Å². The predicted molar refractivity (Wildman–Crippen MR) is 250 cm³/mol. The molecule has 1 heterocycles. The molecule has 2 aromatic rings. The number of ketones is 3. The summed E-state index contributed by atoms with van der Waals surface area (Å²) in [6.07, 6.45) is 3.12. The number of nitro groups is 1. The zero-order chi connectivity index (χ0) is 48.4. The van der Waals surface area contributed by atoms with Crippen molar-refractivity contribution in [1.29, 1.82) is 0 Å². The van der Waals surface area contributed by atoms with Gasteiger partial charge in [0.25, 0.3) is 5.69 Å². The smallest absolute Gasteiger partial charge is 0.269 e. The van der Waals surface area contributed by atoms with Crippen LogP contribution < -0.4 is 21.3 Å². The Morgan fingerprint density at radius 1 is 0.818 bits per heavy atom. The number of amides is 5. The summed E-state index contributed by atoms with van der Waals surface area (Å²) in [6.45, 7) is 10.9. The van der Waals surface area contributed by atoms with Crippen molar-refractivity contribution in [1.82, 2.24) is 25.8 Å². The van der Waals surface area contributed by atoms with E-state index in [1.54, 1.807) is 55.3 Å². The fourth-order valence-corrected chi connectivity index (χ4v) is 8.27. The van der Waals surface area contributed by atoms with E-state index in [1.807, 2.05) is 20.9 Å². The van der Waals surface area contributed by atoms with Crippen LogP contribution in [0.1, 0.15) is 104 Å². The molecule has 5 N–H and O–H groups in total. The number of nitro benzene ring substituents is 1. The number of carbonyl (C=O) groups excluding carboxylic acids is 7. The Kier molecular flexibility index (Phi) is 25.1. The number of hydrogen-bond donors (Lipinski definition) is 4. The Hall–Kier alpha value is -4.45. The molecular weight excluding hydrogens is 921 g/mol. The first-order valence-corrected chi connectivity index (χ1v) is 22.9. The molecule has 6 atom stereocenters. The van der Waals surface area contributed by atoms with Crippen molar-refractivity contribution in [2.45, 2.75) is 129 Å². The number of likely N-dealkylation sites (N-methyl/N-ethyl adjacent to an activating group) is 1. The average molecular weight is 993 g/mol. The topological polar surface area (TPSA) is 241 Å². The predicted octanol–water partition coefficient (Wildman–Crippen LogP) is 6.07. The summed E-state index contributed by atoms with van der Waals surface area (Å²) in [4.78, 5) is 109. The van der Waals surface area contributed by atoms with Crippen LogP contribution in [0.3, 0.4) is 0 Å². The van der Waals surface area contributed by atoms with Gasteiger partial charge in [0.05, 0.1) is 23.0 Å². The minimum absolute atomic E-state index is 0. The molecule has 1 fully saturated rings. The molecule has 0 spiro atoms. The van der Waals surface area contributed by atoms with E-state index in [2.05, 4.69) is 40.0 Å². The van der Waals surface area contributed by atoms with E-state index in [0.717, 1.165) is 13.0 Å². The zero-order valence-corrected chi connectivity index (χ0v) is 42.9. The van der Waals surface area contributed by atoms with Crippen LogP contribution in [0.25, 0.3) is 5.73 Å². The molecule has 361 valence electrons. The van der Waals surface area contributed by atoms with Crippen molar-refractivity contribution in [3.8, 4) is 0 Å². The Labute approximate surface area is 415 Å². The molecule has 18 heteroatoms. The molecule has 0 bridgehead atoms. The molecule has 5 amide bonds. The minimum atomic E-state index is -0.989. The van der Waals surface area contributed by atoms with Crippen LogP contribution in [0.5, 0.6) is 0 Å². The number of hydrogen-bond acceptors (Lipinski definition) is 11. The van der Waals surface area contributed by atoms with Gasteiger partial charge in [0.2, 0.25) is 17.7 Å². The van der Waals surface area contributed by atoms with Gasteiger partial charge in [0.1, 0.15) is 0 Å². The molecule has 1 radical (unpaired) electrons. The molecule has 0 aromatic heterocycles. The quantitative estimate of drug-likeness (QED) is 0.0433. The summed E-state index contributed by atoms with van der Waals surface area (Å²) in [6, 6.07) is 9.37. The maximum Gasteiger partial charge on any atom is 0.269 e. The van der Waals surface area contributed by atoms with Gasteiger partial charge in [-0.1, -0.05) is 63.6 Å².